The highest BCUT2D eigenvalue weighted by atomic mass is 32.1. The van der Waals surface area contributed by atoms with Gasteiger partial charge < -0.3 is 5.32 Å². The van der Waals surface area contributed by atoms with Crippen molar-refractivity contribution in [3.8, 4) is 0 Å². The molecule has 0 spiro atoms. The van der Waals surface area contributed by atoms with Gasteiger partial charge >= 0.3 is 0 Å². The maximum absolute atomic E-state index is 4.23. The molecule has 4 heteroatoms. The fraction of sp³-hybridized carbons (Fsp3) is 0.364. The van der Waals surface area contributed by atoms with E-state index in [9.17, 15) is 0 Å². The molecular weight excluding hydrogens is 206 g/mol. The summed E-state index contributed by atoms with van der Waals surface area (Å²) in [5.41, 5.74) is 2.59. The molecule has 2 heterocycles. The number of nitrogens with zero attached hydrogens (tertiary/aromatic N) is 2. The van der Waals surface area contributed by atoms with E-state index in [-0.39, 0.29) is 0 Å². The molecule has 0 atom stereocenters. The third kappa shape index (κ3) is 2.67. The quantitative estimate of drug-likeness (QED) is 0.839. The SMILES string of the molecule is CCn1nccc1CNCc1ccsc1. The standard InChI is InChI=1S/C11H15N3S/c1-2-14-11(3-5-13-14)8-12-7-10-4-6-15-9-10/h3-6,9,12H,2,7-8H2,1H3. The van der Waals surface area contributed by atoms with Crippen LogP contribution in [0.2, 0.25) is 0 Å². The van der Waals surface area contributed by atoms with Gasteiger partial charge in [0, 0.05) is 25.8 Å². The fourth-order valence-electron chi connectivity index (χ4n) is 1.52. The van der Waals surface area contributed by atoms with Crippen molar-refractivity contribution in [3.05, 3.63) is 40.3 Å². The van der Waals surface area contributed by atoms with E-state index in [4.69, 9.17) is 0 Å². The lowest BCUT2D eigenvalue weighted by Gasteiger charge is -2.05. The smallest absolute Gasteiger partial charge is 0.0522 e. The summed E-state index contributed by atoms with van der Waals surface area (Å²) in [5, 5.41) is 11.9. The Labute approximate surface area is 93.7 Å². The molecule has 2 rings (SSSR count). The Morgan fingerprint density at radius 3 is 3.07 bits per heavy atom. The lowest BCUT2D eigenvalue weighted by molar-refractivity contribution is 0.582. The van der Waals surface area contributed by atoms with Crippen molar-refractivity contribution < 1.29 is 0 Å². The lowest BCUT2D eigenvalue weighted by atomic mass is 10.3. The number of rotatable bonds is 5. The average Bonchev–Trinajstić information content (AvgIpc) is 2.88. The minimum absolute atomic E-state index is 0.879. The van der Waals surface area contributed by atoms with Crippen molar-refractivity contribution in [2.45, 2.75) is 26.6 Å². The lowest BCUT2D eigenvalue weighted by Crippen LogP contribution is -2.15. The van der Waals surface area contributed by atoms with Crippen molar-refractivity contribution in [3.63, 3.8) is 0 Å². The van der Waals surface area contributed by atoms with Crippen LogP contribution >= 0.6 is 11.3 Å². The first-order chi connectivity index (χ1) is 7.40. The monoisotopic (exact) mass is 221 g/mol. The van der Waals surface area contributed by atoms with Crippen LogP contribution in [0.5, 0.6) is 0 Å². The number of hydrogen-bond acceptors (Lipinski definition) is 3. The zero-order chi connectivity index (χ0) is 10.5. The summed E-state index contributed by atoms with van der Waals surface area (Å²) < 4.78 is 2.01. The zero-order valence-corrected chi connectivity index (χ0v) is 9.63. The van der Waals surface area contributed by atoms with E-state index in [1.807, 2.05) is 10.9 Å². The van der Waals surface area contributed by atoms with Crippen LogP contribution in [0.4, 0.5) is 0 Å². The van der Waals surface area contributed by atoms with Crippen LogP contribution in [0.3, 0.4) is 0 Å². The predicted octanol–water partition coefficient (Wildman–Crippen LogP) is 2.25. The van der Waals surface area contributed by atoms with Gasteiger partial charge in [-0.1, -0.05) is 0 Å². The molecule has 0 aliphatic carbocycles. The first kappa shape index (κ1) is 10.4. The van der Waals surface area contributed by atoms with Gasteiger partial charge in [0.1, 0.15) is 0 Å². The number of hydrogen-bond donors (Lipinski definition) is 1. The number of nitrogens with one attached hydrogen (secondary N) is 1. The largest absolute Gasteiger partial charge is 0.307 e. The van der Waals surface area contributed by atoms with Gasteiger partial charge in [0.2, 0.25) is 0 Å². The van der Waals surface area contributed by atoms with Crippen LogP contribution in [0.1, 0.15) is 18.2 Å². The van der Waals surface area contributed by atoms with Crippen molar-refractivity contribution in [2.24, 2.45) is 0 Å². The van der Waals surface area contributed by atoms with Crippen LogP contribution in [-0.4, -0.2) is 9.78 Å². The Morgan fingerprint density at radius 1 is 1.40 bits per heavy atom. The third-order valence-electron chi connectivity index (χ3n) is 2.32. The maximum atomic E-state index is 4.23. The first-order valence-electron chi connectivity index (χ1n) is 5.12. The molecule has 2 aromatic rings. The molecule has 0 bridgehead atoms. The molecule has 0 fully saturated rings. The van der Waals surface area contributed by atoms with Gasteiger partial charge in [0.25, 0.3) is 0 Å². The second-order valence-electron chi connectivity index (χ2n) is 3.37. The van der Waals surface area contributed by atoms with Crippen LogP contribution in [0, 0.1) is 0 Å². The summed E-state index contributed by atoms with van der Waals surface area (Å²) >= 11 is 1.74. The van der Waals surface area contributed by atoms with Crippen molar-refractivity contribution in [1.82, 2.24) is 15.1 Å². The molecule has 0 radical (unpaired) electrons. The number of aryl methyl sites for hydroxylation is 1. The molecule has 0 aromatic carbocycles. The molecule has 80 valence electrons. The van der Waals surface area contributed by atoms with Crippen molar-refractivity contribution in [2.75, 3.05) is 0 Å². The van der Waals surface area contributed by atoms with Crippen molar-refractivity contribution >= 4 is 11.3 Å². The van der Waals surface area contributed by atoms with Gasteiger partial charge in [-0.15, -0.1) is 0 Å². The Morgan fingerprint density at radius 2 is 2.33 bits per heavy atom. The fourth-order valence-corrected chi connectivity index (χ4v) is 2.19. The van der Waals surface area contributed by atoms with E-state index in [2.05, 4.69) is 40.2 Å². The first-order valence-corrected chi connectivity index (χ1v) is 6.07. The van der Waals surface area contributed by atoms with E-state index in [0.717, 1.165) is 19.6 Å². The minimum Gasteiger partial charge on any atom is -0.307 e. The third-order valence-corrected chi connectivity index (χ3v) is 3.05. The summed E-state index contributed by atoms with van der Waals surface area (Å²) in [5.74, 6) is 0. The van der Waals surface area contributed by atoms with Gasteiger partial charge in [0.05, 0.1) is 5.69 Å². The molecule has 0 unspecified atom stereocenters. The highest BCUT2D eigenvalue weighted by molar-refractivity contribution is 7.07. The highest BCUT2D eigenvalue weighted by Crippen LogP contribution is 2.05. The average molecular weight is 221 g/mol. The van der Waals surface area contributed by atoms with Crippen LogP contribution in [0.25, 0.3) is 0 Å². The van der Waals surface area contributed by atoms with Crippen molar-refractivity contribution in [1.29, 1.82) is 0 Å². The van der Waals surface area contributed by atoms with Crippen LogP contribution in [-0.2, 0) is 19.6 Å². The summed E-state index contributed by atoms with van der Waals surface area (Å²) in [4.78, 5) is 0. The van der Waals surface area contributed by atoms with Gasteiger partial charge in [-0.3, -0.25) is 4.68 Å². The Bertz CT molecular complexity index is 392. The predicted molar refractivity (Wildman–Crippen MR) is 62.8 cm³/mol. The van der Waals surface area contributed by atoms with E-state index in [1.165, 1.54) is 11.3 Å². The Kier molecular flexibility index (Phi) is 3.53. The molecule has 0 aliphatic rings. The summed E-state index contributed by atoms with van der Waals surface area (Å²) in [6, 6.07) is 4.21. The molecule has 0 aliphatic heterocycles. The Balaban J connectivity index is 1.83. The molecule has 0 amide bonds. The molecular formula is C11H15N3S. The molecule has 1 N–H and O–H groups in total. The summed E-state index contributed by atoms with van der Waals surface area (Å²) in [7, 11) is 0. The molecule has 2 aromatic heterocycles. The highest BCUT2D eigenvalue weighted by Gasteiger charge is 1.99. The van der Waals surface area contributed by atoms with Gasteiger partial charge in [-0.25, -0.2) is 0 Å². The number of aromatic nitrogens is 2. The number of thiophene rings is 1. The van der Waals surface area contributed by atoms with Gasteiger partial charge in [-0.05, 0) is 35.4 Å². The topological polar surface area (TPSA) is 29.9 Å². The van der Waals surface area contributed by atoms with E-state index in [0.29, 0.717) is 0 Å². The van der Waals surface area contributed by atoms with E-state index >= 15 is 0 Å². The normalized spacial score (nSPS) is 10.7. The second-order valence-corrected chi connectivity index (χ2v) is 4.15. The zero-order valence-electron chi connectivity index (χ0n) is 8.81. The maximum Gasteiger partial charge on any atom is 0.0522 e. The Hall–Kier alpha value is -1.13. The molecule has 15 heavy (non-hydrogen) atoms. The molecule has 0 saturated heterocycles. The molecule has 0 saturated carbocycles. The summed E-state index contributed by atoms with van der Waals surface area (Å²) in [6.07, 6.45) is 1.85. The molecule has 3 nitrogen and oxygen atoms in total. The second kappa shape index (κ2) is 5.09. The van der Waals surface area contributed by atoms with Crippen LogP contribution < -0.4 is 5.32 Å². The minimum atomic E-state index is 0.879. The summed E-state index contributed by atoms with van der Waals surface area (Å²) in [6.45, 7) is 4.85. The van der Waals surface area contributed by atoms with Gasteiger partial charge in [0.15, 0.2) is 0 Å². The van der Waals surface area contributed by atoms with E-state index in [1.54, 1.807) is 11.3 Å². The van der Waals surface area contributed by atoms with E-state index < -0.39 is 0 Å². The van der Waals surface area contributed by atoms with Crippen LogP contribution in [0.15, 0.2) is 29.1 Å². The van der Waals surface area contributed by atoms with Gasteiger partial charge in [-0.2, -0.15) is 16.4 Å².